The van der Waals surface area contributed by atoms with Crippen LogP contribution in [0.3, 0.4) is 0 Å². The molecular formula is C8H10N2O3. The Labute approximate surface area is 75.1 Å². The van der Waals surface area contributed by atoms with Crippen molar-refractivity contribution in [3.8, 4) is 0 Å². The van der Waals surface area contributed by atoms with Gasteiger partial charge in [-0.2, -0.15) is 0 Å². The first-order valence-electron chi connectivity index (χ1n) is 4.28. The van der Waals surface area contributed by atoms with Gasteiger partial charge in [0.2, 0.25) is 17.7 Å². The van der Waals surface area contributed by atoms with E-state index in [1.54, 1.807) is 0 Å². The molecule has 0 aromatic carbocycles. The van der Waals surface area contributed by atoms with Gasteiger partial charge in [0.15, 0.2) is 0 Å². The number of amides is 3. The second-order valence-electron chi connectivity index (χ2n) is 3.44. The van der Waals surface area contributed by atoms with Gasteiger partial charge in [-0.05, 0) is 12.8 Å². The summed E-state index contributed by atoms with van der Waals surface area (Å²) in [5.41, 5.74) is 0. The lowest BCUT2D eigenvalue weighted by atomic mass is 10.3. The van der Waals surface area contributed by atoms with Crippen LogP contribution in [0.2, 0.25) is 0 Å². The smallest absolute Gasteiger partial charge is 0.246 e. The number of carbonyl (C=O) groups excluding carboxylic acids is 3. The highest BCUT2D eigenvalue weighted by Crippen LogP contribution is 2.31. The first kappa shape index (κ1) is 8.22. The molecule has 2 aliphatic rings. The maximum atomic E-state index is 11.4. The van der Waals surface area contributed by atoms with Gasteiger partial charge in [-0.3, -0.25) is 19.7 Å². The van der Waals surface area contributed by atoms with Crippen molar-refractivity contribution in [3.63, 3.8) is 0 Å². The summed E-state index contributed by atoms with van der Waals surface area (Å²) in [5.74, 6) is -0.752. The van der Waals surface area contributed by atoms with E-state index in [2.05, 4.69) is 5.32 Å². The Bertz CT molecular complexity index is 267. The molecule has 13 heavy (non-hydrogen) atoms. The summed E-state index contributed by atoms with van der Waals surface area (Å²) in [6, 6.07) is 0. The van der Waals surface area contributed by atoms with Crippen LogP contribution in [0.15, 0.2) is 0 Å². The average Bonchev–Trinajstić information content (AvgIpc) is 2.83. The Morgan fingerprint density at radius 2 is 1.77 bits per heavy atom. The fourth-order valence-electron chi connectivity index (χ4n) is 1.38. The zero-order valence-corrected chi connectivity index (χ0v) is 7.08. The molecule has 1 heterocycles. The SMILES string of the molecule is O=C1CN(C(=O)C2CC2)CC(=O)N1. The van der Waals surface area contributed by atoms with Crippen molar-refractivity contribution in [1.82, 2.24) is 10.2 Å². The summed E-state index contributed by atoms with van der Waals surface area (Å²) in [6.45, 7) is 0.0577. The van der Waals surface area contributed by atoms with E-state index < -0.39 is 0 Å². The van der Waals surface area contributed by atoms with Crippen molar-refractivity contribution in [2.75, 3.05) is 13.1 Å². The van der Waals surface area contributed by atoms with Crippen LogP contribution >= 0.6 is 0 Å². The van der Waals surface area contributed by atoms with Crippen molar-refractivity contribution >= 4 is 17.7 Å². The van der Waals surface area contributed by atoms with E-state index in [1.807, 2.05) is 0 Å². The van der Waals surface area contributed by atoms with Crippen molar-refractivity contribution in [3.05, 3.63) is 0 Å². The van der Waals surface area contributed by atoms with Gasteiger partial charge in [-0.15, -0.1) is 0 Å². The highest BCUT2D eigenvalue weighted by Gasteiger charge is 2.36. The lowest BCUT2D eigenvalue weighted by Crippen LogP contribution is -2.53. The minimum atomic E-state index is -0.384. The molecule has 0 atom stereocenters. The van der Waals surface area contributed by atoms with Crippen molar-refractivity contribution < 1.29 is 14.4 Å². The molecule has 3 amide bonds. The molecule has 1 aliphatic heterocycles. The van der Waals surface area contributed by atoms with E-state index in [0.29, 0.717) is 0 Å². The second kappa shape index (κ2) is 2.83. The van der Waals surface area contributed by atoms with E-state index in [-0.39, 0.29) is 36.7 Å². The second-order valence-corrected chi connectivity index (χ2v) is 3.44. The predicted octanol–water partition coefficient (Wildman–Crippen LogP) is -1.12. The number of nitrogens with zero attached hydrogens (tertiary/aromatic N) is 1. The minimum Gasteiger partial charge on any atom is -0.324 e. The number of hydrogen-bond donors (Lipinski definition) is 1. The zero-order valence-electron chi connectivity index (χ0n) is 7.08. The van der Waals surface area contributed by atoms with Crippen molar-refractivity contribution in [1.29, 1.82) is 0 Å². The number of rotatable bonds is 1. The largest absolute Gasteiger partial charge is 0.324 e. The normalized spacial score (nSPS) is 22.9. The standard InChI is InChI=1S/C8H10N2O3/c11-6-3-10(4-7(12)9-6)8(13)5-1-2-5/h5H,1-4H2,(H,9,11,12). The van der Waals surface area contributed by atoms with Crippen LogP contribution in [-0.2, 0) is 14.4 Å². The predicted molar refractivity (Wildman–Crippen MR) is 42.5 cm³/mol. The Morgan fingerprint density at radius 1 is 1.23 bits per heavy atom. The van der Waals surface area contributed by atoms with Crippen molar-refractivity contribution in [2.24, 2.45) is 5.92 Å². The molecule has 0 unspecified atom stereocenters. The van der Waals surface area contributed by atoms with E-state index in [9.17, 15) is 14.4 Å². The van der Waals surface area contributed by atoms with Crippen LogP contribution in [0.4, 0.5) is 0 Å². The molecule has 0 aromatic heterocycles. The molecule has 1 saturated carbocycles. The van der Waals surface area contributed by atoms with Gasteiger partial charge in [-0.25, -0.2) is 0 Å². The van der Waals surface area contributed by atoms with Crippen molar-refractivity contribution in [2.45, 2.75) is 12.8 Å². The lowest BCUT2D eigenvalue weighted by molar-refractivity contribution is -0.146. The molecule has 0 aromatic rings. The number of piperazine rings is 1. The molecule has 5 heteroatoms. The van der Waals surface area contributed by atoms with Crippen LogP contribution in [-0.4, -0.2) is 35.7 Å². The monoisotopic (exact) mass is 182 g/mol. The molecule has 0 bridgehead atoms. The summed E-state index contributed by atoms with van der Waals surface area (Å²) in [5, 5.41) is 2.15. The first-order chi connectivity index (χ1) is 6.16. The molecule has 1 saturated heterocycles. The van der Waals surface area contributed by atoms with E-state index >= 15 is 0 Å². The van der Waals surface area contributed by atoms with Gasteiger partial charge >= 0.3 is 0 Å². The number of imide groups is 1. The lowest BCUT2D eigenvalue weighted by Gasteiger charge is -2.25. The van der Waals surface area contributed by atoms with Crippen LogP contribution in [0.25, 0.3) is 0 Å². The number of carbonyl (C=O) groups is 3. The minimum absolute atomic E-state index is 0.0288. The van der Waals surface area contributed by atoms with E-state index in [0.717, 1.165) is 12.8 Å². The maximum Gasteiger partial charge on any atom is 0.246 e. The zero-order chi connectivity index (χ0) is 9.42. The molecular weight excluding hydrogens is 172 g/mol. The number of hydrogen-bond acceptors (Lipinski definition) is 3. The van der Waals surface area contributed by atoms with Gasteiger partial charge in [0.05, 0.1) is 0 Å². The van der Waals surface area contributed by atoms with Crippen LogP contribution < -0.4 is 5.32 Å². The molecule has 2 rings (SSSR count). The van der Waals surface area contributed by atoms with Gasteiger partial charge in [0.25, 0.3) is 0 Å². The Morgan fingerprint density at radius 3 is 2.23 bits per heavy atom. The Balaban J connectivity index is 2.01. The fraction of sp³-hybridized carbons (Fsp3) is 0.625. The van der Waals surface area contributed by atoms with Gasteiger partial charge in [0.1, 0.15) is 13.1 Å². The number of nitrogens with one attached hydrogen (secondary N) is 1. The van der Waals surface area contributed by atoms with E-state index in [4.69, 9.17) is 0 Å². The molecule has 2 fully saturated rings. The molecule has 1 aliphatic carbocycles. The summed E-state index contributed by atoms with van der Waals surface area (Å²) in [4.78, 5) is 34.6. The van der Waals surface area contributed by atoms with Gasteiger partial charge in [0, 0.05) is 5.92 Å². The molecule has 1 N–H and O–H groups in total. The average molecular weight is 182 g/mol. The molecule has 0 radical (unpaired) electrons. The summed E-state index contributed by atoms with van der Waals surface area (Å²) < 4.78 is 0. The molecule has 0 spiro atoms. The quantitative estimate of drug-likeness (QED) is 0.522. The third-order valence-electron chi connectivity index (χ3n) is 2.19. The molecule has 5 nitrogen and oxygen atoms in total. The molecule has 70 valence electrons. The third-order valence-corrected chi connectivity index (χ3v) is 2.19. The first-order valence-corrected chi connectivity index (χ1v) is 4.28. The Hall–Kier alpha value is -1.39. The van der Waals surface area contributed by atoms with Crippen LogP contribution in [0.5, 0.6) is 0 Å². The summed E-state index contributed by atoms with van der Waals surface area (Å²) in [7, 11) is 0. The van der Waals surface area contributed by atoms with Crippen LogP contribution in [0, 0.1) is 5.92 Å². The fourth-order valence-corrected chi connectivity index (χ4v) is 1.38. The third kappa shape index (κ3) is 1.68. The topological polar surface area (TPSA) is 66.5 Å². The van der Waals surface area contributed by atoms with E-state index in [1.165, 1.54) is 4.90 Å². The highest BCUT2D eigenvalue weighted by molar-refractivity contribution is 6.02. The van der Waals surface area contributed by atoms with Crippen LogP contribution in [0.1, 0.15) is 12.8 Å². The van der Waals surface area contributed by atoms with Gasteiger partial charge < -0.3 is 4.90 Å². The highest BCUT2D eigenvalue weighted by atomic mass is 16.2. The summed E-state index contributed by atoms with van der Waals surface area (Å²) >= 11 is 0. The van der Waals surface area contributed by atoms with Gasteiger partial charge in [-0.1, -0.05) is 0 Å². The Kier molecular flexibility index (Phi) is 1.79. The maximum absolute atomic E-state index is 11.4. The summed E-state index contributed by atoms with van der Waals surface area (Å²) in [6.07, 6.45) is 1.79.